The van der Waals surface area contributed by atoms with E-state index in [1.54, 1.807) is 4.90 Å². The smallest absolute Gasteiger partial charge is 0.250 e. The van der Waals surface area contributed by atoms with Crippen LogP contribution in [-0.2, 0) is 11.2 Å². The summed E-state index contributed by atoms with van der Waals surface area (Å²) in [6.45, 7) is 1.07. The number of carbonyl (C=O) groups is 1. The molecule has 1 aliphatic carbocycles. The van der Waals surface area contributed by atoms with Gasteiger partial charge in [-0.15, -0.1) is 6.42 Å². The zero-order valence-electron chi connectivity index (χ0n) is 13.5. The maximum Gasteiger partial charge on any atom is 0.250 e. The highest BCUT2D eigenvalue weighted by Gasteiger charge is 2.34. The second-order valence-corrected chi connectivity index (χ2v) is 6.49. The molecule has 0 aromatic heterocycles. The number of carbonyl (C=O) groups excluding carboxylic acids is 1. The molecular formula is C22H19NO. The standard InChI is InChI=1S/C22H19NO/c1-2-12-23-15-18-13-17-10-6-7-11-19(17)20(14-21(18)22(23)24)16-8-4-3-5-9-16/h1,3-11,20H,12-15H2. The average Bonchev–Trinajstić information content (AvgIpc) is 2.80. The van der Waals surface area contributed by atoms with Gasteiger partial charge in [-0.1, -0.05) is 60.5 Å². The summed E-state index contributed by atoms with van der Waals surface area (Å²) in [7, 11) is 0. The van der Waals surface area contributed by atoms with Crippen molar-refractivity contribution in [3.63, 3.8) is 0 Å². The van der Waals surface area contributed by atoms with Crippen LogP contribution in [0.5, 0.6) is 0 Å². The molecule has 4 rings (SSSR count). The van der Waals surface area contributed by atoms with E-state index in [-0.39, 0.29) is 11.8 Å². The molecule has 0 saturated carbocycles. The van der Waals surface area contributed by atoms with Crippen molar-refractivity contribution in [2.75, 3.05) is 13.1 Å². The van der Waals surface area contributed by atoms with Crippen LogP contribution in [0.1, 0.15) is 29.0 Å². The van der Waals surface area contributed by atoms with Crippen LogP contribution < -0.4 is 0 Å². The summed E-state index contributed by atoms with van der Waals surface area (Å²) in [5.41, 5.74) is 6.14. The van der Waals surface area contributed by atoms with E-state index in [1.807, 2.05) is 6.07 Å². The van der Waals surface area contributed by atoms with E-state index in [9.17, 15) is 4.79 Å². The Bertz CT molecular complexity index is 857. The average molecular weight is 313 g/mol. The number of terminal acetylenes is 1. The number of benzene rings is 2. The molecule has 24 heavy (non-hydrogen) atoms. The first-order valence-electron chi connectivity index (χ1n) is 8.34. The highest BCUT2D eigenvalue weighted by atomic mass is 16.2. The van der Waals surface area contributed by atoms with Gasteiger partial charge >= 0.3 is 0 Å². The van der Waals surface area contributed by atoms with Crippen molar-refractivity contribution < 1.29 is 4.79 Å². The molecule has 118 valence electrons. The van der Waals surface area contributed by atoms with E-state index in [1.165, 1.54) is 22.3 Å². The van der Waals surface area contributed by atoms with Crippen molar-refractivity contribution in [3.05, 3.63) is 82.4 Å². The fraction of sp³-hybridized carbons (Fsp3) is 0.227. The number of fused-ring (bicyclic) bond motifs is 1. The summed E-state index contributed by atoms with van der Waals surface area (Å²) in [5, 5.41) is 0. The summed E-state index contributed by atoms with van der Waals surface area (Å²) in [6, 6.07) is 19.1. The normalized spacial score (nSPS) is 19.5. The molecule has 1 heterocycles. The number of hydrogen-bond donors (Lipinski definition) is 0. The lowest BCUT2D eigenvalue weighted by molar-refractivity contribution is -0.125. The molecule has 2 aliphatic rings. The summed E-state index contributed by atoms with van der Waals surface area (Å²) in [4.78, 5) is 14.6. The SMILES string of the molecule is C#CCN1CC2=C(CC(c3ccccc3)c3ccccc3C2)C1=O. The van der Waals surface area contributed by atoms with Crippen LogP contribution in [-0.4, -0.2) is 23.9 Å². The van der Waals surface area contributed by atoms with Gasteiger partial charge in [0.1, 0.15) is 0 Å². The maximum atomic E-state index is 12.8. The zero-order chi connectivity index (χ0) is 16.5. The first kappa shape index (κ1) is 14.8. The van der Waals surface area contributed by atoms with Gasteiger partial charge in [0, 0.05) is 18.0 Å². The van der Waals surface area contributed by atoms with Crippen molar-refractivity contribution in [1.29, 1.82) is 0 Å². The Balaban J connectivity index is 1.79. The molecule has 0 fully saturated rings. The highest BCUT2D eigenvalue weighted by molar-refractivity contribution is 5.97. The predicted molar refractivity (Wildman–Crippen MR) is 95.5 cm³/mol. The molecule has 1 atom stereocenters. The molecule has 2 aromatic carbocycles. The maximum absolute atomic E-state index is 12.8. The van der Waals surface area contributed by atoms with Crippen LogP contribution >= 0.6 is 0 Å². The van der Waals surface area contributed by atoms with Gasteiger partial charge in [0.05, 0.1) is 6.54 Å². The molecular weight excluding hydrogens is 294 g/mol. The summed E-state index contributed by atoms with van der Waals surface area (Å²) < 4.78 is 0. The fourth-order valence-corrected chi connectivity index (χ4v) is 3.93. The van der Waals surface area contributed by atoms with Gasteiger partial charge in [0.15, 0.2) is 0 Å². The Morgan fingerprint density at radius 1 is 1.08 bits per heavy atom. The van der Waals surface area contributed by atoms with Gasteiger partial charge in [0.2, 0.25) is 0 Å². The van der Waals surface area contributed by atoms with Gasteiger partial charge in [-0.2, -0.15) is 0 Å². The number of amides is 1. The molecule has 0 bridgehead atoms. The number of hydrogen-bond acceptors (Lipinski definition) is 1. The molecule has 0 saturated heterocycles. The van der Waals surface area contributed by atoms with Crippen molar-refractivity contribution in [1.82, 2.24) is 4.90 Å². The van der Waals surface area contributed by atoms with Gasteiger partial charge in [-0.05, 0) is 35.1 Å². The van der Waals surface area contributed by atoms with Gasteiger partial charge < -0.3 is 4.90 Å². The third-order valence-corrected chi connectivity index (χ3v) is 5.08. The quantitative estimate of drug-likeness (QED) is 0.777. The molecule has 0 radical (unpaired) electrons. The lowest BCUT2D eigenvalue weighted by atomic mass is 9.85. The lowest BCUT2D eigenvalue weighted by Crippen LogP contribution is -2.28. The zero-order valence-corrected chi connectivity index (χ0v) is 13.5. The van der Waals surface area contributed by atoms with Crippen LogP contribution in [0.15, 0.2) is 65.7 Å². The van der Waals surface area contributed by atoms with E-state index < -0.39 is 0 Å². The Labute approximate surface area is 142 Å². The molecule has 2 aromatic rings. The van der Waals surface area contributed by atoms with Crippen LogP contribution in [0, 0.1) is 12.3 Å². The lowest BCUT2D eigenvalue weighted by Gasteiger charge is -2.21. The number of rotatable bonds is 2. The third kappa shape index (κ3) is 2.43. The van der Waals surface area contributed by atoms with Crippen molar-refractivity contribution >= 4 is 5.91 Å². The first-order valence-corrected chi connectivity index (χ1v) is 8.34. The third-order valence-electron chi connectivity index (χ3n) is 5.08. The molecule has 0 spiro atoms. The van der Waals surface area contributed by atoms with Gasteiger partial charge in [-0.3, -0.25) is 4.79 Å². The minimum Gasteiger partial charge on any atom is -0.324 e. The minimum atomic E-state index is 0.122. The first-order chi connectivity index (χ1) is 11.8. The minimum absolute atomic E-state index is 0.122. The van der Waals surface area contributed by atoms with Crippen molar-refractivity contribution in [3.8, 4) is 12.3 Å². The summed E-state index contributed by atoms with van der Waals surface area (Å²) >= 11 is 0. The second-order valence-electron chi connectivity index (χ2n) is 6.49. The molecule has 2 heteroatoms. The largest absolute Gasteiger partial charge is 0.324 e. The van der Waals surface area contributed by atoms with Crippen LogP contribution in [0.25, 0.3) is 0 Å². The number of nitrogens with zero attached hydrogens (tertiary/aromatic N) is 1. The van der Waals surface area contributed by atoms with Crippen LogP contribution in [0.3, 0.4) is 0 Å². The molecule has 1 aliphatic heterocycles. The van der Waals surface area contributed by atoms with Crippen molar-refractivity contribution in [2.45, 2.75) is 18.8 Å². The van der Waals surface area contributed by atoms with Crippen LogP contribution in [0.2, 0.25) is 0 Å². The van der Waals surface area contributed by atoms with Gasteiger partial charge in [-0.25, -0.2) is 0 Å². The van der Waals surface area contributed by atoms with E-state index >= 15 is 0 Å². The van der Waals surface area contributed by atoms with Crippen molar-refractivity contribution in [2.24, 2.45) is 0 Å². The monoisotopic (exact) mass is 313 g/mol. The van der Waals surface area contributed by atoms with E-state index in [0.29, 0.717) is 13.1 Å². The molecule has 2 nitrogen and oxygen atoms in total. The van der Waals surface area contributed by atoms with E-state index in [2.05, 4.69) is 54.5 Å². The van der Waals surface area contributed by atoms with Crippen LogP contribution in [0.4, 0.5) is 0 Å². The molecule has 0 N–H and O–H groups in total. The second kappa shape index (κ2) is 6.02. The Morgan fingerprint density at radius 3 is 2.62 bits per heavy atom. The molecule has 1 unspecified atom stereocenters. The predicted octanol–water partition coefficient (Wildman–Crippen LogP) is 3.54. The molecule has 1 amide bonds. The summed E-state index contributed by atoms with van der Waals surface area (Å²) in [5.74, 6) is 2.95. The summed E-state index contributed by atoms with van der Waals surface area (Å²) in [6.07, 6.45) is 7.03. The van der Waals surface area contributed by atoms with E-state index in [4.69, 9.17) is 6.42 Å². The van der Waals surface area contributed by atoms with Gasteiger partial charge in [0.25, 0.3) is 5.91 Å². The Morgan fingerprint density at radius 2 is 1.83 bits per heavy atom. The topological polar surface area (TPSA) is 20.3 Å². The fourth-order valence-electron chi connectivity index (χ4n) is 3.93. The Kier molecular flexibility index (Phi) is 3.70. The highest BCUT2D eigenvalue weighted by Crippen LogP contribution is 2.40. The Hall–Kier alpha value is -2.79. The van der Waals surface area contributed by atoms with E-state index in [0.717, 1.165) is 18.4 Å².